The number of aliphatic hydroxyl groups is 2. The van der Waals surface area contributed by atoms with Gasteiger partial charge in [0, 0.05) is 12.8 Å². The van der Waals surface area contributed by atoms with Crippen LogP contribution < -0.4 is 5.32 Å². The Bertz CT molecular complexity index is 1150. The Hall–Kier alpha value is -1.14. The van der Waals surface area contributed by atoms with E-state index in [1.807, 2.05) is 0 Å². The van der Waals surface area contributed by atoms with E-state index in [1.165, 1.54) is 360 Å². The highest BCUT2D eigenvalue weighted by Crippen LogP contribution is 2.20. The molecule has 2 atom stereocenters. The van der Waals surface area contributed by atoms with Gasteiger partial charge in [0.25, 0.3) is 0 Å². The fourth-order valence-corrected chi connectivity index (χ4v) is 12.1. The molecule has 0 fully saturated rings. The van der Waals surface area contributed by atoms with E-state index >= 15 is 0 Å². The topological polar surface area (TPSA) is 95.9 Å². The van der Waals surface area contributed by atoms with Crippen molar-refractivity contribution < 1.29 is 24.5 Å². The third kappa shape index (κ3) is 65.9. The standard InChI is InChI=1S/C73H145NO5/c1-3-5-7-9-11-13-15-17-19-20-32-36-39-43-47-51-55-59-63-67-73(78)79-68-64-60-56-52-48-44-40-37-34-31-29-27-25-23-21-22-24-26-28-30-33-35-38-42-46-50-54-58-62-66-72(77)74-70(69-75)71(76)65-61-57-53-49-45-41-18-16-14-12-10-8-6-4-2/h70-71,75-76H,3-69H2,1-2H3,(H,74,77). The molecular formula is C73H145NO5. The summed E-state index contributed by atoms with van der Waals surface area (Å²) in [4.78, 5) is 24.6. The SMILES string of the molecule is CCCCCCCCCCCCCCCCCCCCCC(=O)OCCCCCCCCCCCCCCCCCCCCCCCCCCCCCCCC(=O)NC(CO)C(O)CCCCCCCCCCCCCCCC. The average molecular weight is 1120 g/mol. The molecule has 0 aromatic rings. The lowest BCUT2D eigenvalue weighted by molar-refractivity contribution is -0.143. The third-order valence-electron chi connectivity index (χ3n) is 17.7. The lowest BCUT2D eigenvalue weighted by atomic mass is 10.0. The zero-order valence-corrected chi connectivity index (χ0v) is 54.2. The molecule has 472 valence electrons. The molecule has 2 unspecified atom stereocenters. The lowest BCUT2D eigenvalue weighted by Gasteiger charge is -2.22. The molecule has 0 bridgehead atoms. The minimum Gasteiger partial charge on any atom is -0.466 e. The molecular weight excluding hydrogens is 971 g/mol. The number of nitrogens with one attached hydrogen (secondary N) is 1. The molecule has 0 aromatic carbocycles. The van der Waals surface area contributed by atoms with Crippen molar-refractivity contribution in [1.29, 1.82) is 0 Å². The van der Waals surface area contributed by atoms with Gasteiger partial charge in [-0.2, -0.15) is 0 Å². The monoisotopic (exact) mass is 1120 g/mol. The van der Waals surface area contributed by atoms with Gasteiger partial charge >= 0.3 is 5.97 Å². The number of carbonyl (C=O) groups is 2. The first kappa shape index (κ1) is 77.9. The van der Waals surface area contributed by atoms with Crippen molar-refractivity contribution in [3.8, 4) is 0 Å². The fourth-order valence-electron chi connectivity index (χ4n) is 12.1. The summed E-state index contributed by atoms with van der Waals surface area (Å²) in [5, 5.41) is 23.3. The average Bonchev–Trinajstić information content (AvgIpc) is 3.45. The number of unbranched alkanes of at least 4 members (excludes halogenated alkanes) is 59. The maximum Gasteiger partial charge on any atom is 0.305 e. The summed E-state index contributed by atoms with van der Waals surface area (Å²) in [7, 11) is 0. The number of rotatable bonds is 70. The van der Waals surface area contributed by atoms with Crippen LogP contribution in [0.3, 0.4) is 0 Å². The first-order chi connectivity index (χ1) is 39.0. The van der Waals surface area contributed by atoms with Crippen LogP contribution in [-0.4, -0.2) is 47.4 Å². The summed E-state index contributed by atoms with van der Waals surface area (Å²) in [6.07, 6.45) is 84.6. The predicted octanol–water partition coefficient (Wildman–Crippen LogP) is 23.8. The molecule has 0 aromatic heterocycles. The molecule has 79 heavy (non-hydrogen) atoms. The maximum atomic E-state index is 12.5. The highest BCUT2D eigenvalue weighted by Gasteiger charge is 2.20. The maximum absolute atomic E-state index is 12.5. The summed E-state index contributed by atoms with van der Waals surface area (Å²) in [6.45, 7) is 5.01. The highest BCUT2D eigenvalue weighted by atomic mass is 16.5. The van der Waals surface area contributed by atoms with Gasteiger partial charge in [0.05, 0.1) is 25.4 Å². The summed E-state index contributed by atoms with van der Waals surface area (Å²) in [5.74, 6) is -0.00225. The smallest absolute Gasteiger partial charge is 0.305 e. The number of carbonyl (C=O) groups excluding carboxylic acids is 2. The summed E-state index contributed by atoms with van der Waals surface area (Å²) in [5.41, 5.74) is 0. The van der Waals surface area contributed by atoms with E-state index in [4.69, 9.17) is 4.74 Å². The van der Waals surface area contributed by atoms with E-state index < -0.39 is 12.1 Å². The molecule has 0 spiro atoms. The number of hydrogen-bond acceptors (Lipinski definition) is 5. The minimum atomic E-state index is -0.660. The second-order valence-electron chi connectivity index (χ2n) is 25.6. The normalized spacial score (nSPS) is 12.4. The largest absolute Gasteiger partial charge is 0.466 e. The van der Waals surface area contributed by atoms with Gasteiger partial charge in [-0.25, -0.2) is 0 Å². The molecule has 0 heterocycles. The second-order valence-corrected chi connectivity index (χ2v) is 25.6. The molecule has 0 rings (SSSR count). The van der Waals surface area contributed by atoms with Gasteiger partial charge < -0.3 is 20.3 Å². The molecule has 0 aliphatic heterocycles. The molecule has 6 nitrogen and oxygen atoms in total. The first-order valence-corrected chi connectivity index (χ1v) is 36.8. The van der Waals surface area contributed by atoms with Crippen LogP contribution in [0.5, 0.6) is 0 Å². The van der Waals surface area contributed by atoms with Gasteiger partial charge in [-0.15, -0.1) is 0 Å². The number of amides is 1. The van der Waals surface area contributed by atoms with Crippen LogP contribution >= 0.6 is 0 Å². The highest BCUT2D eigenvalue weighted by molar-refractivity contribution is 5.76. The molecule has 6 heteroatoms. The zero-order valence-electron chi connectivity index (χ0n) is 54.2. The number of aliphatic hydroxyl groups excluding tert-OH is 2. The van der Waals surface area contributed by atoms with Crippen molar-refractivity contribution >= 4 is 11.9 Å². The Balaban J connectivity index is 3.30. The molecule has 0 radical (unpaired) electrons. The zero-order chi connectivity index (χ0) is 57.1. The fraction of sp³-hybridized carbons (Fsp3) is 0.973. The van der Waals surface area contributed by atoms with Crippen molar-refractivity contribution in [3.05, 3.63) is 0 Å². The van der Waals surface area contributed by atoms with Gasteiger partial charge in [0.1, 0.15) is 0 Å². The van der Waals surface area contributed by atoms with Gasteiger partial charge in [-0.1, -0.05) is 393 Å². The first-order valence-electron chi connectivity index (χ1n) is 36.8. The van der Waals surface area contributed by atoms with Crippen LogP contribution in [0, 0.1) is 0 Å². The molecule has 0 aliphatic rings. The van der Waals surface area contributed by atoms with Crippen molar-refractivity contribution in [2.24, 2.45) is 0 Å². The Morgan fingerprint density at radius 2 is 0.519 bits per heavy atom. The Morgan fingerprint density at radius 3 is 0.772 bits per heavy atom. The summed E-state index contributed by atoms with van der Waals surface area (Å²) >= 11 is 0. The van der Waals surface area contributed by atoms with Gasteiger partial charge in [0.15, 0.2) is 0 Å². The van der Waals surface area contributed by atoms with Crippen LogP contribution in [0.25, 0.3) is 0 Å². The molecule has 0 aliphatic carbocycles. The van der Waals surface area contributed by atoms with Gasteiger partial charge in [-0.3, -0.25) is 9.59 Å². The Kier molecular flexibility index (Phi) is 68.4. The molecule has 0 saturated carbocycles. The van der Waals surface area contributed by atoms with Crippen LogP contribution in [-0.2, 0) is 14.3 Å². The van der Waals surface area contributed by atoms with E-state index in [0.717, 1.165) is 38.5 Å². The van der Waals surface area contributed by atoms with Gasteiger partial charge in [-0.05, 0) is 25.7 Å². The van der Waals surface area contributed by atoms with Crippen LogP contribution in [0.15, 0.2) is 0 Å². The minimum absolute atomic E-state index is 0.0256. The lowest BCUT2D eigenvalue weighted by Crippen LogP contribution is -2.45. The quantitative estimate of drug-likeness (QED) is 0.0417. The molecule has 3 N–H and O–H groups in total. The van der Waals surface area contributed by atoms with Gasteiger partial charge in [0.2, 0.25) is 5.91 Å². The number of hydrogen-bond donors (Lipinski definition) is 3. The predicted molar refractivity (Wildman–Crippen MR) is 347 cm³/mol. The number of ether oxygens (including phenoxy) is 1. The van der Waals surface area contributed by atoms with E-state index in [0.29, 0.717) is 25.9 Å². The molecule has 1 amide bonds. The second kappa shape index (κ2) is 69.4. The summed E-state index contributed by atoms with van der Waals surface area (Å²) in [6, 6.07) is -0.537. The van der Waals surface area contributed by atoms with E-state index in [-0.39, 0.29) is 18.5 Å². The van der Waals surface area contributed by atoms with Crippen LogP contribution in [0.4, 0.5) is 0 Å². The Morgan fingerprint density at radius 1 is 0.304 bits per heavy atom. The van der Waals surface area contributed by atoms with Crippen LogP contribution in [0.2, 0.25) is 0 Å². The van der Waals surface area contributed by atoms with Crippen molar-refractivity contribution in [2.75, 3.05) is 13.2 Å². The van der Waals surface area contributed by atoms with E-state index in [9.17, 15) is 19.8 Å². The van der Waals surface area contributed by atoms with E-state index in [1.54, 1.807) is 0 Å². The summed E-state index contributed by atoms with van der Waals surface area (Å²) < 4.78 is 5.52. The van der Waals surface area contributed by atoms with Crippen molar-refractivity contribution in [1.82, 2.24) is 5.32 Å². The van der Waals surface area contributed by atoms with Crippen molar-refractivity contribution in [3.63, 3.8) is 0 Å². The van der Waals surface area contributed by atoms with E-state index in [2.05, 4.69) is 19.2 Å². The van der Waals surface area contributed by atoms with Crippen molar-refractivity contribution in [2.45, 2.75) is 443 Å². The Labute approximate surface area is 496 Å². The van der Waals surface area contributed by atoms with Crippen LogP contribution in [0.1, 0.15) is 431 Å². The third-order valence-corrected chi connectivity index (χ3v) is 17.7. The number of esters is 1. The molecule has 0 saturated heterocycles.